The van der Waals surface area contributed by atoms with Crippen molar-refractivity contribution in [2.75, 3.05) is 23.3 Å². The monoisotopic (exact) mass is 474 g/mol. The molecule has 1 aliphatic rings. The van der Waals surface area contributed by atoms with E-state index in [1.165, 1.54) is 0 Å². The van der Waals surface area contributed by atoms with Crippen LogP contribution < -0.4 is 10.2 Å². The summed E-state index contributed by atoms with van der Waals surface area (Å²) in [6, 6.07) is 13.0. The third kappa shape index (κ3) is 4.89. The first kappa shape index (κ1) is 22.3. The number of carbonyl (C=O) groups excluding carboxylic acids is 1. The Morgan fingerprint density at radius 3 is 2.79 bits per heavy atom. The van der Waals surface area contributed by atoms with Crippen LogP contribution in [0.25, 0.3) is 11.2 Å². The molecule has 4 aromatic rings. The zero-order valence-corrected chi connectivity index (χ0v) is 19.9. The number of rotatable bonds is 6. The number of aryl methyl sites for hydroxylation is 2. The zero-order valence-electron chi connectivity index (χ0n) is 19.1. The normalized spacial score (nSPS) is 14.5. The van der Waals surface area contributed by atoms with E-state index in [0.717, 1.165) is 67.1 Å². The highest BCUT2D eigenvalue weighted by Gasteiger charge is 2.23. The van der Waals surface area contributed by atoms with Gasteiger partial charge in [0.2, 0.25) is 0 Å². The van der Waals surface area contributed by atoms with Crippen molar-refractivity contribution in [1.29, 1.82) is 0 Å². The molecule has 0 atom stereocenters. The Morgan fingerprint density at radius 2 is 1.97 bits per heavy atom. The Bertz CT molecular complexity index is 1310. The first-order valence-corrected chi connectivity index (χ1v) is 12.0. The molecule has 4 heterocycles. The smallest absolute Gasteiger partial charge is 0.255 e. The largest absolute Gasteiger partial charge is 0.355 e. The van der Waals surface area contributed by atoms with Crippen LogP contribution in [0.4, 0.5) is 11.5 Å². The number of fused-ring (bicyclic) bond motifs is 1. The van der Waals surface area contributed by atoms with Crippen LogP contribution in [0, 0.1) is 12.8 Å². The zero-order chi connectivity index (χ0) is 23.5. The maximum absolute atomic E-state index is 12.8. The number of carbonyl (C=O) groups is 1. The number of nitrogens with zero attached hydrogens (tertiary/aromatic N) is 5. The second kappa shape index (κ2) is 9.81. The lowest BCUT2D eigenvalue weighted by molar-refractivity contribution is 0.102. The van der Waals surface area contributed by atoms with Crippen molar-refractivity contribution in [1.82, 2.24) is 19.5 Å². The molecule has 0 spiro atoms. The molecule has 1 amide bonds. The standard InChI is InChI=1S/C26H27ClN6O/c1-18-14-22(31-26(34)20-4-2-5-21(27)15-20)25(29-16-18)32-11-7-19(8-12-32)9-13-33-17-30-24-23(33)6-3-10-28-24/h2-6,10,14-17,19H,7-9,11-13H2,1H3,(H,31,34). The quantitative estimate of drug-likeness (QED) is 0.408. The highest BCUT2D eigenvalue weighted by molar-refractivity contribution is 6.31. The number of aromatic nitrogens is 4. The van der Waals surface area contributed by atoms with Gasteiger partial charge in [0.15, 0.2) is 11.5 Å². The van der Waals surface area contributed by atoms with E-state index in [4.69, 9.17) is 11.6 Å². The van der Waals surface area contributed by atoms with E-state index < -0.39 is 0 Å². The topological polar surface area (TPSA) is 75.9 Å². The van der Waals surface area contributed by atoms with Crippen LogP contribution >= 0.6 is 11.6 Å². The van der Waals surface area contributed by atoms with Gasteiger partial charge in [-0.3, -0.25) is 4.79 Å². The molecule has 7 nitrogen and oxygen atoms in total. The Kier molecular flexibility index (Phi) is 6.45. The van der Waals surface area contributed by atoms with E-state index in [-0.39, 0.29) is 5.91 Å². The molecule has 0 saturated carbocycles. The van der Waals surface area contributed by atoms with E-state index in [1.807, 2.05) is 31.6 Å². The molecule has 0 unspecified atom stereocenters. The number of nitrogens with one attached hydrogen (secondary N) is 1. The van der Waals surface area contributed by atoms with Crippen molar-refractivity contribution in [3.05, 3.63) is 77.3 Å². The molecule has 174 valence electrons. The highest BCUT2D eigenvalue weighted by atomic mass is 35.5. The van der Waals surface area contributed by atoms with Gasteiger partial charge in [-0.2, -0.15) is 0 Å². The summed E-state index contributed by atoms with van der Waals surface area (Å²) in [5.74, 6) is 1.28. The van der Waals surface area contributed by atoms with Crippen LogP contribution in [0.2, 0.25) is 5.02 Å². The third-order valence-corrected chi connectivity index (χ3v) is 6.66. The van der Waals surface area contributed by atoms with Crippen LogP contribution in [0.15, 0.2) is 61.2 Å². The van der Waals surface area contributed by atoms with Gasteiger partial charge in [0.25, 0.3) is 5.91 Å². The predicted octanol–water partition coefficient (Wildman–Crippen LogP) is 5.35. The summed E-state index contributed by atoms with van der Waals surface area (Å²) in [7, 11) is 0. The molecule has 34 heavy (non-hydrogen) atoms. The predicted molar refractivity (Wildman–Crippen MR) is 135 cm³/mol. The lowest BCUT2D eigenvalue weighted by Crippen LogP contribution is -2.35. The minimum absolute atomic E-state index is 0.187. The van der Waals surface area contributed by atoms with Crippen molar-refractivity contribution >= 4 is 40.2 Å². The molecular formula is C26H27ClN6O. The molecule has 8 heteroatoms. The SMILES string of the molecule is Cc1cnc(N2CCC(CCn3cnc4ncccc43)CC2)c(NC(=O)c2cccc(Cl)c2)c1. The Labute approximate surface area is 203 Å². The van der Waals surface area contributed by atoms with Crippen molar-refractivity contribution in [3.8, 4) is 0 Å². The number of anilines is 2. The average Bonchev–Trinajstić information content (AvgIpc) is 3.26. The second-order valence-electron chi connectivity index (χ2n) is 8.85. The molecule has 1 N–H and O–H groups in total. The summed E-state index contributed by atoms with van der Waals surface area (Å²) in [6.45, 7) is 4.74. The highest BCUT2D eigenvalue weighted by Crippen LogP contribution is 2.30. The van der Waals surface area contributed by atoms with Crippen molar-refractivity contribution < 1.29 is 4.79 Å². The van der Waals surface area contributed by atoms with Gasteiger partial charge < -0.3 is 14.8 Å². The summed E-state index contributed by atoms with van der Waals surface area (Å²) in [5.41, 5.74) is 4.16. The van der Waals surface area contributed by atoms with Crippen LogP contribution in [0.3, 0.4) is 0 Å². The molecule has 5 rings (SSSR count). The van der Waals surface area contributed by atoms with Crippen LogP contribution in [0.5, 0.6) is 0 Å². The summed E-state index contributed by atoms with van der Waals surface area (Å²) in [5, 5.41) is 3.59. The number of halogens is 1. The Balaban J connectivity index is 1.23. The molecule has 1 aliphatic heterocycles. The maximum Gasteiger partial charge on any atom is 0.255 e. The van der Waals surface area contributed by atoms with Gasteiger partial charge in [-0.15, -0.1) is 0 Å². The van der Waals surface area contributed by atoms with Crippen molar-refractivity contribution in [2.24, 2.45) is 5.92 Å². The lowest BCUT2D eigenvalue weighted by Gasteiger charge is -2.34. The molecule has 1 aromatic carbocycles. The fraction of sp³-hybridized carbons (Fsp3) is 0.308. The van der Waals surface area contributed by atoms with Crippen LogP contribution in [-0.4, -0.2) is 38.5 Å². The maximum atomic E-state index is 12.8. The number of imidazole rings is 1. The number of benzene rings is 1. The summed E-state index contributed by atoms with van der Waals surface area (Å²) < 4.78 is 2.19. The Hall–Kier alpha value is -3.45. The first-order chi connectivity index (χ1) is 16.6. The second-order valence-corrected chi connectivity index (χ2v) is 9.29. The van der Waals surface area contributed by atoms with Crippen molar-refractivity contribution in [2.45, 2.75) is 32.7 Å². The number of pyridine rings is 2. The summed E-state index contributed by atoms with van der Waals surface area (Å²) >= 11 is 6.06. The van der Waals surface area contributed by atoms with E-state index in [9.17, 15) is 4.79 Å². The van der Waals surface area contributed by atoms with Crippen molar-refractivity contribution in [3.63, 3.8) is 0 Å². The number of amides is 1. The van der Waals surface area contributed by atoms with Gasteiger partial charge in [0.05, 0.1) is 17.5 Å². The van der Waals surface area contributed by atoms with Crippen LogP contribution in [-0.2, 0) is 6.54 Å². The Morgan fingerprint density at radius 1 is 1.12 bits per heavy atom. The fourth-order valence-corrected chi connectivity index (χ4v) is 4.75. The molecule has 0 radical (unpaired) electrons. The number of hydrogen-bond acceptors (Lipinski definition) is 5. The van der Waals surface area contributed by atoms with Gasteiger partial charge >= 0.3 is 0 Å². The molecule has 3 aromatic heterocycles. The summed E-state index contributed by atoms with van der Waals surface area (Å²) in [6.07, 6.45) is 8.80. The van der Waals surface area contributed by atoms with Gasteiger partial charge in [0.1, 0.15) is 0 Å². The summed E-state index contributed by atoms with van der Waals surface area (Å²) in [4.78, 5) is 28.5. The first-order valence-electron chi connectivity index (χ1n) is 11.6. The van der Waals surface area contributed by atoms with Crippen LogP contribution in [0.1, 0.15) is 35.2 Å². The fourth-order valence-electron chi connectivity index (χ4n) is 4.56. The molecule has 1 saturated heterocycles. The minimum Gasteiger partial charge on any atom is -0.355 e. The molecule has 1 fully saturated rings. The van der Waals surface area contributed by atoms with Gasteiger partial charge in [-0.25, -0.2) is 15.0 Å². The van der Waals surface area contributed by atoms with E-state index >= 15 is 0 Å². The molecule has 0 bridgehead atoms. The third-order valence-electron chi connectivity index (χ3n) is 6.43. The van der Waals surface area contributed by atoms with E-state index in [1.54, 1.807) is 30.5 Å². The van der Waals surface area contributed by atoms with Gasteiger partial charge in [0, 0.05) is 42.6 Å². The number of piperidine rings is 1. The van der Waals surface area contributed by atoms with E-state index in [0.29, 0.717) is 16.5 Å². The molecular weight excluding hydrogens is 448 g/mol. The lowest BCUT2D eigenvalue weighted by atomic mass is 9.93. The minimum atomic E-state index is -0.187. The number of hydrogen-bond donors (Lipinski definition) is 1. The average molecular weight is 475 g/mol. The van der Waals surface area contributed by atoms with Gasteiger partial charge in [-0.1, -0.05) is 17.7 Å². The van der Waals surface area contributed by atoms with Gasteiger partial charge in [-0.05, 0) is 74.1 Å². The molecule has 0 aliphatic carbocycles. The van der Waals surface area contributed by atoms with E-state index in [2.05, 4.69) is 35.8 Å².